The van der Waals surface area contributed by atoms with Crippen molar-refractivity contribution in [2.45, 2.75) is 0 Å². The second kappa shape index (κ2) is 7.65. The van der Waals surface area contributed by atoms with Crippen LogP contribution >= 0.6 is 15.9 Å². The molecule has 0 N–H and O–H groups in total. The van der Waals surface area contributed by atoms with E-state index in [2.05, 4.69) is 25.7 Å². The lowest BCUT2D eigenvalue weighted by atomic mass is 10.3. The van der Waals surface area contributed by atoms with Crippen LogP contribution in [0.5, 0.6) is 23.3 Å². The van der Waals surface area contributed by atoms with Crippen molar-refractivity contribution in [3.63, 3.8) is 0 Å². The van der Waals surface area contributed by atoms with Gasteiger partial charge in [0.1, 0.15) is 11.5 Å². The van der Waals surface area contributed by atoms with Gasteiger partial charge in [0, 0.05) is 12.1 Å². The van der Waals surface area contributed by atoms with E-state index < -0.39 is 5.97 Å². The van der Waals surface area contributed by atoms with E-state index >= 15 is 0 Å². The molecule has 0 saturated heterocycles. The maximum atomic E-state index is 11.0. The molecule has 2 rings (SSSR count). The molecule has 0 amide bonds. The molecule has 6 nitrogen and oxygen atoms in total. The number of rotatable bonds is 6. The SMILES string of the molecule is COC(=O)COc1cccc(Oc2ccc(OC)c(Br)c2)n1. The molecule has 0 atom stereocenters. The monoisotopic (exact) mass is 367 g/mol. The maximum absolute atomic E-state index is 11.0. The molecule has 2 aromatic rings. The summed E-state index contributed by atoms with van der Waals surface area (Å²) in [5, 5.41) is 0. The average Bonchev–Trinajstić information content (AvgIpc) is 2.53. The quantitative estimate of drug-likeness (QED) is 0.730. The van der Waals surface area contributed by atoms with Crippen molar-refractivity contribution in [1.82, 2.24) is 4.98 Å². The first-order valence-corrected chi connectivity index (χ1v) is 7.09. The Bertz CT molecular complexity index is 662. The van der Waals surface area contributed by atoms with Gasteiger partial charge in [-0.25, -0.2) is 4.79 Å². The van der Waals surface area contributed by atoms with Crippen LogP contribution in [0, 0.1) is 0 Å². The molecule has 0 aliphatic heterocycles. The number of pyridine rings is 1. The number of nitrogens with zero attached hydrogens (tertiary/aromatic N) is 1. The van der Waals surface area contributed by atoms with Crippen LogP contribution in [-0.4, -0.2) is 31.8 Å². The van der Waals surface area contributed by atoms with Crippen LogP contribution in [0.15, 0.2) is 40.9 Å². The van der Waals surface area contributed by atoms with Crippen molar-refractivity contribution in [2.75, 3.05) is 20.8 Å². The Hall–Kier alpha value is -2.28. The molecule has 1 aromatic heterocycles. The number of aromatic nitrogens is 1. The first kappa shape index (κ1) is 16.1. The molecule has 1 aromatic carbocycles. The molecule has 0 aliphatic carbocycles. The van der Waals surface area contributed by atoms with E-state index in [9.17, 15) is 4.79 Å². The van der Waals surface area contributed by atoms with Crippen LogP contribution in [0.4, 0.5) is 0 Å². The fourth-order valence-electron chi connectivity index (χ4n) is 1.56. The van der Waals surface area contributed by atoms with E-state index in [0.29, 0.717) is 17.4 Å². The van der Waals surface area contributed by atoms with Gasteiger partial charge in [-0.15, -0.1) is 0 Å². The predicted molar refractivity (Wildman–Crippen MR) is 82.5 cm³/mol. The molecule has 0 bridgehead atoms. The van der Waals surface area contributed by atoms with Gasteiger partial charge in [0.25, 0.3) is 0 Å². The van der Waals surface area contributed by atoms with Gasteiger partial charge in [0.15, 0.2) is 6.61 Å². The summed E-state index contributed by atoms with van der Waals surface area (Å²) < 4.78 is 21.3. The molecule has 0 aliphatic rings. The average molecular weight is 368 g/mol. The number of ether oxygens (including phenoxy) is 4. The lowest BCUT2D eigenvalue weighted by molar-refractivity contribution is -0.143. The summed E-state index contributed by atoms with van der Waals surface area (Å²) in [6.07, 6.45) is 0. The first-order valence-electron chi connectivity index (χ1n) is 6.30. The predicted octanol–water partition coefficient (Wildman–Crippen LogP) is 3.20. The van der Waals surface area contributed by atoms with E-state index in [0.717, 1.165) is 4.47 Å². The summed E-state index contributed by atoms with van der Waals surface area (Å²) >= 11 is 3.38. The fraction of sp³-hybridized carbons (Fsp3) is 0.200. The molecule has 0 unspecified atom stereocenters. The van der Waals surface area contributed by atoms with E-state index in [1.54, 1.807) is 43.5 Å². The number of hydrogen-bond acceptors (Lipinski definition) is 6. The minimum absolute atomic E-state index is 0.207. The minimum atomic E-state index is -0.479. The molecular formula is C15H14BrNO5. The Morgan fingerprint density at radius 2 is 1.95 bits per heavy atom. The highest BCUT2D eigenvalue weighted by atomic mass is 79.9. The zero-order valence-electron chi connectivity index (χ0n) is 12.0. The van der Waals surface area contributed by atoms with E-state index in [4.69, 9.17) is 14.2 Å². The number of benzene rings is 1. The van der Waals surface area contributed by atoms with Crippen molar-refractivity contribution in [3.05, 3.63) is 40.9 Å². The van der Waals surface area contributed by atoms with Gasteiger partial charge >= 0.3 is 5.97 Å². The normalized spacial score (nSPS) is 9.95. The first-order chi connectivity index (χ1) is 10.6. The van der Waals surface area contributed by atoms with Crippen molar-refractivity contribution < 1.29 is 23.7 Å². The summed E-state index contributed by atoms with van der Waals surface area (Å²) in [5.74, 6) is 1.43. The summed E-state index contributed by atoms with van der Waals surface area (Å²) in [4.78, 5) is 15.2. The molecule has 7 heteroatoms. The Labute approximate surface area is 136 Å². The van der Waals surface area contributed by atoms with E-state index in [-0.39, 0.29) is 12.5 Å². The van der Waals surface area contributed by atoms with Crippen LogP contribution < -0.4 is 14.2 Å². The van der Waals surface area contributed by atoms with Crippen molar-refractivity contribution in [3.8, 4) is 23.3 Å². The summed E-state index contributed by atoms with van der Waals surface area (Å²) in [5.41, 5.74) is 0. The molecule has 0 spiro atoms. The van der Waals surface area contributed by atoms with Gasteiger partial charge in [-0.05, 0) is 34.1 Å². The molecule has 22 heavy (non-hydrogen) atoms. The Kier molecular flexibility index (Phi) is 5.60. The molecule has 0 saturated carbocycles. The van der Waals surface area contributed by atoms with Crippen molar-refractivity contribution in [1.29, 1.82) is 0 Å². The third kappa shape index (κ3) is 4.36. The fourth-order valence-corrected chi connectivity index (χ4v) is 2.08. The zero-order valence-corrected chi connectivity index (χ0v) is 13.6. The van der Waals surface area contributed by atoms with Crippen LogP contribution in [-0.2, 0) is 9.53 Å². The number of halogens is 1. The van der Waals surface area contributed by atoms with Crippen molar-refractivity contribution in [2.24, 2.45) is 0 Å². The van der Waals surface area contributed by atoms with Crippen LogP contribution in [0.25, 0.3) is 0 Å². The Morgan fingerprint density at radius 1 is 1.18 bits per heavy atom. The third-order valence-electron chi connectivity index (χ3n) is 2.61. The maximum Gasteiger partial charge on any atom is 0.343 e. The molecular weight excluding hydrogens is 354 g/mol. The molecule has 0 fully saturated rings. The Morgan fingerprint density at radius 3 is 2.64 bits per heavy atom. The number of methoxy groups -OCH3 is 2. The van der Waals surface area contributed by atoms with Gasteiger partial charge in [-0.3, -0.25) is 0 Å². The number of carbonyl (C=O) groups excluding carboxylic acids is 1. The molecule has 116 valence electrons. The lowest BCUT2D eigenvalue weighted by Crippen LogP contribution is -2.13. The highest BCUT2D eigenvalue weighted by Gasteiger charge is 2.07. The second-order valence-corrected chi connectivity index (χ2v) is 4.93. The second-order valence-electron chi connectivity index (χ2n) is 4.08. The Balaban J connectivity index is 2.06. The minimum Gasteiger partial charge on any atom is -0.496 e. The van der Waals surface area contributed by atoms with Crippen LogP contribution in [0.1, 0.15) is 0 Å². The summed E-state index contributed by atoms with van der Waals surface area (Å²) in [6, 6.07) is 10.3. The number of hydrogen-bond donors (Lipinski definition) is 0. The highest BCUT2D eigenvalue weighted by molar-refractivity contribution is 9.10. The van der Waals surface area contributed by atoms with Gasteiger partial charge in [0.2, 0.25) is 11.8 Å². The van der Waals surface area contributed by atoms with Gasteiger partial charge in [-0.1, -0.05) is 6.07 Å². The van der Waals surface area contributed by atoms with Gasteiger partial charge in [0.05, 0.1) is 18.7 Å². The smallest absolute Gasteiger partial charge is 0.343 e. The third-order valence-corrected chi connectivity index (χ3v) is 3.23. The summed E-state index contributed by atoms with van der Waals surface area (Å²) in [7, 11) is 2.88. The van der Waals surface area contributed by atoms with Crippen molar-refractivity contribution >= 4 is 21.9 Å². The standard InChI is InChI=1S/C15H14BrNO5/c1-19-12-7-6-10(8-11(12)16)22-14-5-3-4-13(17-14)21-9-15(18)20-2/h3-8H,9H2,1-2H3. The number of carbonyl (C=O) groups is 1. The highest BCUT2D eigenvalue weighted by Crippen LogP contribution is 2.31. The molecule has 1 heterocycles. The van der Waals surface area contributed by atoms with E-state index in [1.807, 2.05) is 0 Å². The lowest BCUT2D eigenvalue weighted by Gasteiger charge is -2.09. The summed E-state index contributed by atoms with van der Waals surface area (Å²) in [6.45, 7) is -0.207. The van der Waals surface area contributed by atoms with Gasteiger partial charge in [-0.2, -0.15) is 4.98 Å². The largest absolute Gasteiger partial charge is 0.496 e. The van der Waals surface area contributed by atoms with Crippen LogP contribution in [0.2, 0.25) is 0 Å². The molecule has 0 radical (unpaired) electrons. The zero-order chi connectivity index (χ0) is 15.9. The number of esters is 1. The van der Waals surface area contributed by atoms with E-state index in [1.165, 1.54) is 7.11 Å². The van der Waals surface area contributed by atoms with Gasteiger partial charge < -0.3 is 18.9 Å². The van der Waals surface area contributed by atoms with Crippen LogP contribution in [0.3, 0.4) is 0 Å². The topological polar surface area (TPSA) is 66.9 Å².